The summed E-state index contributed by atoms with van der Waals surface area (Å²) in [5, 5.41) is 3.87. The fourth-order valence-corrected chi connectivity index (χ4v) is 2.59. The van der Waals surface area contributed by atoms with Crippen LogP contribution in [0.4, 0.5) is 17.6 Å². The molecule has 0 aliphatic heterocycles. The highest BCUT2D eigenvalue weighted by Gasteiger charge is 2.29. The van der Waals surface area contributed by atoms with E-state index in [0.717, 1.165) is 6.07 Å². The van der Waals surface area contributed by atoms with Crippen molar-refractivity contribution in [1.29, 1.82) is 0 Å². The predicted octanol–water partition coefficient (Wildman–Crippen LogP) is 3.33. The smallest absolute Gasteiger partial charge is 0.422 e. The maximum Gasteiger partial charge on any atom is 0.422 e. The van der Waals surface area contributed by atoms with E-state index in [1.165, 1.54) is 42.1 Å². The van der Waals surface area contributed by atoms with Crippen molar-refractivity contribution in [3.8, 4) is 28.3 Å². The van der Waals surface area contributed by atoms with E-state index < -0.39 is 24.5 Å². The minimum atomic E-state index is -4.53. The van der Waals surface area contributed by atoms with Gasteiger partial charge >= 0.3 is 6.18 Å². The van der Waals surface area contributed by atoms with Crippen molar-refractivity contribution in [1.82, 2.24) is 14.8 Å². The molecule has 0 bridgehead atoms. The summed E-state index contributed by atoms with van der Waals surface area (Å²) in [4.78, 5) is 15.3. The number of hydrogen-bond acceptors (Lipinski definition) is 4. The van der Waals surface area contributed by atoms with Gasteiger partial charge in [0.2, 0.25) is 5.82 Å². The van der Waals surface area contributed by atoms with Gasteiger partial charge in [-0.1, -0.05) is 18.2 Å². The molecule has 1 amide bonds. The average molecular weight is 394 g/mol. The lowest BCUT2D eigenvalue weighted by molar-refractivity contribution is -0.153. The van der Waals surface area contributed by atoms with Gasteiger partial charge in [0.1, 0.15) is 11.6 Å². The van der Waals surface area contributed by atoms with Crippen molar-refractivity contribution in [3.63, 3.8) is 0 Å². The van der Waals surface area contributed by atoms with Crippen molar-refractivity contribution in [3.05, 3.63) is 54.1 Å². The fraction of sp³-hybridized carbons (Fsp3) is 0.167. The second-order valence-electron chi connectivity index (χ2n) is 5.84. The molecule has 2 N–H and O–H groups in total. The van der Waals surface area contributed by atoms with Gasteiger partial charge in [0.15, 0.2) is 12.4 Å². The second-order valence-corrected chi connectivity index (χ2v) is 5.84. The third-order valence-electron chi connectivity index (χ3n) is 3.78. The minimum absolute atomic E-state index is 0.0129. The summed E-state index contributed by atoms with van der Waals surface area (Å²) in [6.07, 6.45) is -4.53. The van der Waals surface area contributed by atoms with E-state index in [4.69, 9.17) is 10.5 Å². The third-order valence-corrected chi connectivity index (χ3v) is 3.78. The molecule has 3 rings (SSSR count). The van der Waals surface area contributed by atoms with Crippen LogP contribution >= 0.6 is 0 Å². The number of halogens is 4. The highest BCUT2D eigenvalue weighted by Crippen LogP contribution is 2.35. The Balaban J connectivity index is 2.05. The zero-order valence-electron chi connectivity index (χ0n) is 14.5. The quantitative estimate of drug-likeness (QED) is 0.673. The molecule has 0 atom stereocenters. The summed E-state index contributed by atoms with van der Waals surface area (Å²) in [6.45, 7) is -1.50. The van der Waals surface area contributed by atoms with Crippen LogP contribution in [0.1, 0.15) is 10.6 Å². The number of primary amides is 1. The van der Waals surface area contributed by atoms with E-state index >= 15 is 0 Å². The number of ether oxygens (including phenoxy) is 1. The molecule has 10 heteroatoms. The number of rotatable bonds is 5. The number of aryl methyl sites for hydroxylation is 1. The van der Waals surface area contributed by atoms with E-state index in [2.05, 4.69) is 10.1 Å². The van der Waals surface area contributed by atoms with Crippen LogP contribution in [0.15, 0.2) is 42.5 Å². The van der Waals surface area contributed by atoms with Crippen LogP contribution in [-0.2, 0) is 7.05 Å². The van der Waals surface area contributed by atoms with Gasteiger partial charge in [-0.2, -0.15) is 13.2 Å². The molecule has 28 heavy (non-hydrogen) atoms. The molecule has 146 valence electrons. The molecular weight excluding hydrogens is 380 g/mol. The van der Waals surface area contributed by atoms with E-state index in [0.29, 0.717) is 5.56 Å². The molecule has 2 aromatic carbocycles. The summed E-state index contributed by atoms with van der Waals surface area (Å²) in [5.74, 6) is -1.58. The lowest BCUT2D eigenvalue weighted by Crippen LogP contribution is -2.19. The average Bonchev–Trinajstić information content (AvgIpc) is 3.02. The molecule has 0 saturated heterocycles. The second kappa shape index (κ2) is 7.29. The number of hydrogen-bond donors (Lipinski definition) is 1. The van der Waals surface area contributed by atoms with E-state index in [-0.39, 0.29) is 28.5 Å². The number of benzene rings is 2. The Morgan fingerprint density at radius 2 is 1.89 bits per heavy atom. The van der Waals surface area contributed by atoms with Crippen LogP contribution in [0.5, 0.6) is 5.75 Å². The zero-order chi connectivity index (χ0) is 20.5. The van der Waals surface area contributed by atoms with Gasteiger partial charge in [-0.25, -0.2) is 14.1 Å². The SMILES string of the molecule is Cn1nc(C(N)=O)nc1-c1ccc(F)c(-c2ccccc2OCC(F)(F)F)c1. The highest BCUT2D eigenvalue weighted by molar-refractivity contribution is 5.89. The lowest BCUT2D eigenvalue weighted by Gasteiger charge is -2.14. The molecule has 0 fully saturated rings. The van der Waals surface area contributed by atoms with Gasteiger partial charge in [-0.05, 0) is 24.3 Å². The topological polar surface area (TPSA) is 83.0 Å². The maximum absolute atomic E-state index is 14.5. The number of aromatic nitrogens is 3. The summed E-state index contributed by atoms with van der Waals surface area (Å²) < 4.78 is 58.1. The number of carbonyl (C=O) groups is 1. The summed E-state index contributed by atoms with van der Waals surface area (Å²) in [6, 6.07) is 9.74. The first-order valence-electron chi connectivity index (χ1n) is 7.95. The van der Waals surface area contributed by atoms with Crippen molar-refractivity contribution in [2.24, 2.45) is 12.8 Å². The summed E-state index contributed by atoms with van der Waals surface area (Å²) in [5.41, 5.74) is 5.71. The van der Waals surface area contributed by atoms with Gasteiger partial charge in [-0.15, -0.1) is 5.10 Å². The molecular formula is C18H14F4N4O2. The van der Waals surface area contributed by atoms with Crippen molar-refractivity contribution in [2.45, 2.75) is 6.18 Å². The van der Waals surface area contributed by atoms with Crippen LogP contribution in [0.2, 0.25) is 0 Å². The first-order valence-corrected chi connectivity index (χ1v) is 7.95. The van der Waals surface area contributed by atoms with Crippen LogP contribution < -0.4 is 10.5 Å². The molecule has 6 nitrogen and oxygen atoms in total. The Kier molecular flexibility index (Phi) is 5.04. The lowest BCUT2D eigenvalue weighted by atomic mass is 10.0. The Morgan fingerprint density at radius 1 is 1.18 bits per heavy atom. The van der Waals surface area contributed by atoms with E-state index in [1.807, 2.05) is 0 Å². The predicted molar refractivity (Wildman–Crippen MR) is 91.9 cm³/mol. The molecule has 0 unspecified atom stereocenters. The van der Waals surface area contributed by atoms with Crippen LogP contribution in [-0.4, -0.2) is 33.5 Å². The minimum Gasteiger partial charge on any atom is -0.483 e. The largest absolute Gasteiger partial charge is 0.483 e. The molecule has 3 aromatic rings. The highest BCUT2D eigenvalue weighted by atomic mass is 19.4. The van der Waals surface area contributed by atoms with Gasteiger partial charge in [0.05, 0.1) is 0 Å². The van der Waals surface area contributed by atoms with Crippen molar-refractivity contribution in [2.75, 3.05) is 6.61 Å². The fourth-order valence-electron chi connectivity index (χ4n) is 2.59. The molecule has 0 radical (unpaired) electrons. The Bertz CT molecular complexity index is 1030. The molecule has 0 aliphatic carbocycles. The zero-order valence-corrected chi connectivity index (χ0v) is 14.5. The number of amides is 1. The third kappa shape index (κ3) is 4.11. The normalized spacial score (nSPS) is 11.5. The number of nitrogens with two attached hydrogens (primary N) is 1. The Hall–Kier alpha value is -3.43. The molecule has 0 spiro atoms. The Labute approximate surface area is 156 Å². The van der Waals surface area contributed by atoms with Gasteiger partial charge in [0.25, 0.3) is 5.91 Å². The monoisotopic (exact) mass is 394 g/mol. The van der Waals surface area contributed by atoms with E-state index in [1.54, 1.807) is 6.07 Å². The molecule has 1 aromatic heterocycles. The number of para-hydroxylation sites is 1. The standard InChI is InChI=1S/C18H14F4N4O2/c1-26-17(24-16(25-26)15(23)27)10-6-7-13(19)12(8-10)11-4-2-3-5-14(11)28-9-18(20,21)22/h2-8H,9H2,1H3,(H2,23,27). The van der Waals surface area contributed by atoms with Crippen LogP contribution in [0.25, 0.3) is 22.5 Å². The first-order chi connectivity index (χ1) is 13.2. The van der Waals surface area contributed by atoms with Gasteiger partial charge < -0.3 is 10.5 Å². The number of carbonyl (C=O) groups excluding carboxylic acids is 1. The van der Waals surface area contributed by atoms with Crippen molar-refractivity contribution < 1.29 is 27.1 Å². The first kappa shape index (κ1) is 19.3. The van der Waals surface area contributed by atoms with Crippen molar-refractivity contribution >= 4 is 5.91 Å². The number of alkyl halides is 3. The maximum atomic E-state index is 14.5. The van der Waals surface area contributed by atoms with Gasteiger partial charge in [0, 0.05) is 23.7 Å². The Morgan fingerprint density at radius 3 is 2.54 bits per heavy atom. The molecule has 0 saturated carbocycles. The van der Waals surface area contributed by atoms with Crippen LogP contribution in [0.3, 0.4) is 0 Å². The summed E-state index contributed by atoms with van der Waals surface area (Å²) in [7, 11) is 1.53. The molecule has 0 aliphatic rings. The number of nitrogens with zero attached hydrogens (tertiary/aromatic N) is 3. The van der Waals surface area contributed by atoms with E-state index in [9.17, 15) is 22.4 Å². The van der Waals surface area contributed by atoms with Crippen LogP contribution in [0, 0.1) is 5.82 Å². The summed E-state index contributed by atoms with van der Waals surface area (Å²) >= 11 is 0. The molecule has 1 heterocycles. The van der Waals surface area contributed by atoms with Gasteiger partial charge in [-0.3, -0.25) is 4.79 Å².